The Morgan fingerprint density at radius 2 is 2.05 bits per heavy atom. The van der Waals surface area contributed by atoms with Gasteiger partial charge in [0.15, 0.2) is 10.3 Å². The fourth-order valence-corrected chi connectivity index (χ4v) is 1.93. The first-order chi connectivity index (χ1) is 9.40. The average Bonchev–Trinajstić information content (AvgIpc) is 2.73. The molecule has 0 spiro atoms. The van der Waals surface area contributed by atoms with Crippen molar-refractivity contribution in [3.05, 3.63) is 39.4 Å². The highest BCUT2D eigenvalue weighted by atomic mass is 35.5. The summed E-state index contributed by atoms with van der Waals surface area (Å²) in [7, 11) is 0. The number of carbonyl (C=O) groups excluding carboxylic acids is 1. The summed E-state index contributed by atoms with van der Waals surface area (Å²) >= 11 is 11.4. The van der Waals surface area contributed by atoms with Crippen molar-refractivity contribution in [3.8, 4) is 0 Å². The highest BCUT2D eigenvalue weighted by Crippen LogP contribution is 2.22. The molecule has 0 aliphatic rings. The molecule has 0 bridgehead atoms. The van der Waals surface area contributed by atoms with Crippen LogP contribution in [0, 0.1) is 6.92 Å². The summed E-state index contributed by atoms with van der Waals surface area (Å²) in [5.74, 6) is -1.79. The van der Waals surface area contributed by atoms with E-state index in [1.807, 2.05) is 0 Å². The second-order valence-corrected chi connectivity index (χ2v) is 4.58. The van der Waals surface area contributed by atoms with Gasteiger partial charge in [-0.05, 0) is 13.0 Å². The molecule has 0 fully saturated rings. The van der Waals surface area contributed by atoms with Crippen LogP contribution >= 0.6 is 23.2 Å². The zero-order valence-corrected chi connectivity index (χ0v) is 11.6. The average molecular weight is 315 g/mol. The van der Waals surface area contributed by atoms with E-state index >= 15 is 0 Å². The minimum atomic E-state index is -1.16. The highest BCUT2D eigenvalue weighted by molar-refractivity contribution is 6.34. The predicted molar refractivity (Wildman–Crippen MR) is 72.5 cm³/mol. The molecule has 0 radical (unpaired) electrons. The number of amides is 1. The van der Waals surface area contributed by atoms with E-state index in [1.54, 1.807) is 6.92 Å². The Labute approximate surface area is 122 Å². The summed E-state index contributed by atoms with van der Waals surface area (Å²) in [5.41, 5.74) is 0.526. The number of anilines is 1. The molecule has 0 saturated carbocycles. The first-order valence-corrected chi connectivity index (χ1v) is 6.07. The van der Waals surface area contributed by atoms with E-state index in [1.165, 1.54) is 12.3 Å². The number of aromatic carboxylic acids is 1. The summed E-state index contributed by atoms with van der Waals surface area (Å²) in [6.07, 6.45) is 1.38. The zero-order chi connectivity index (χ0) is 14.9. The van der Waals surface area contributed by atoms with E-state index < -0.39 is 11.9 Å². The number of aromatic amines is 1. The number of carboxylic acid groups (broad SMARTS) is 1. The molecule has 104 valence electrons. The van der Waals surface area contributed by atoms with Crippen LogP contribution in [0.2, 0.25) is 10.3 Å². The molecule has 2 heterocycles. The van der Waals surface area contributed by atoms with Gasteiger partial charge in [0, 0.05) is 11.9 Å². The molecule has 0 unspecified atom stereocenters. The van der Waals surface area contributed by atoms with E-state index in [4.69, 9.17) is 28.3 Å². The Morgan fingerprint density at radius 3 is 2.70 bits per heavy atom. The number of hydrogen-bond acceptors (Lipinski definition) is 4. The Morgan fingerprint density at radius 1 is 1.35 bits per heavy atom. The van der Waals surface area contributed by atoms with Gasteiger partial charge in [-0.15, -0.1) is 10.2 Å². The fraction of sp³-hybridized carbons (Fsp3) is 0.0909. The molecule has 7 nitrogen and oxygen atoms in total. The number of halogens is 2. The Balaban J connectivity index is 2.33. The summed E-state index contributed by atoms with van der Waals surface area (Å²) in [4.78, 5) is 25.9. The molecule has 0 saturated heterocycles. The number of hydrogen-bond donors (Lipinski definition) is 3. The number of aryl methyl sites for hydroxylation is 1. The van der Waals surface area contributed by atoms with Crippen molar-refractivity contribution >= 4 is 40.8 Å². The Hall–Kier alpha value is -2.12. The number of nitrogens with zero attached hydrogens (tertiary/aromatic N) is 2. The molecule has 2 rings (SSSR count). The van der Waals surface area contributed by atoms with Gasteiger partial charge >= 0.3 is 5.97 Å². The van der Waals surface area contributed by atoms with Crippen molar-refractivity contribution in [2.45, 2.75) is 6.92 Å². The number of nitrogens with one attached hydrogen (secondary N) is 2. The molecule has 3 N–H and O–H groups in total. The largest absolute Gasteiger partial charge is 0.478 e. The summed E-state index contributed by atoms with van der Waals surface area (Å²) in [6, 6.07) is 1.24. The van der Waals surface area contributed by atoms with E-state index in [9.17, 15) is 9.59 Å². The summed E-state index contributed by atoms with van der Waals surface area (Å²) < 4.78 is 0. The van der Waals surface area contributed by atoms with Crippen molar-refractivity contribution in [3.63, 3.8) is 0 Å². The van der Waals surface area contributed by atoms with Gasteiger partial charge in [0.05, 0.1) is 11.3 Å². The van der Waals surface area contributed by atoms with Crippen LogP contribution in [0.3, 0.4) is 0 Å². The number of carbonyl (C=O) groups is 2. The minimum Gasteiger partial charge on any atom is -0.478 e. The maximum atomic E-state index is 12.0. The fourth-order valence-electron chi connectivity index (χ4n) is 1.60. The van der Waals surface area contributed by atoms with Crippen molar-refractivity contribution in [1.29, 1.82) is 0 Å². The molecule has 0 aromatic carbocycles. The molecule has 2 aromatic rings. The number of rotatable bonds is 3. The van der Waals surface area contributed by atoms with Crippen molar-refractivity contribution in [2.75, 3.05) is 5.32 Å². The summed E-state index contributed by atoms with van der Waals surface area (Å²) in [5, 5.41) is 18.4. The second kappa shape index (κ2) is 5.48. The predicted octanol–water partition coefficient (Wildman–Crippen LogP) is 2.37. The van der Waals surface area contributed by atoms with Crippen LogP contribution in [-0.4, -0.2) is 32.2 Å². The molecular formula is C11H8Cl2N4O3. The van der Waals surface area contributed by atoms with E-state index in [-0.39, 0.29) is 27.1 Å². The zero-order valence-electron chi connectivity index (χ0n) is 10.1. The lowest BCUT2D eigenvalue weighted by molar-refractivity contribution is 0.0697. The number of H-pyrrole nitrogens is 1. The van der Waals surface area contributed by atoms with Gasteiger partial charge in [-0.1, -0.05) is 23.2 Å². The van der Waals surface area contributed by atoms with Gasteiger partial charge < -0.3 is 15.4 Å². The maximum Gasteiger partial charge on any atom is 0.339 e. The maximum absolute atomic E-state index is 12.0. The molecule has 0 aliphatic carbocycles. The van der Waals surface area contributed by atoms with E-state index in [0.29, 0.717) is 5.69 Å². The Bertz CT molecular complexity index is 699. The van der Waals surface area contributed by atoms with Gasteiger partial charge in [-0.2, -0.15) is 0 Å². The van der Waals surface area contributed by atoms with Crippen molar-refractivity contribution in [2.24, 2.45) is 0 Å². The van der Waals surface area contributed by atoms with Crippen LogP contribution < -0.4 is 5.32 Å². The van der Waals surface area contributed by atoms with Gasteiger partial charge in [0.2, 0.25) is 0 Å². The van der Waals surface area contributed by atoms with Gasteiger partial charge in [0.25, 0.3) is 5.91 Å². The van der Waals surface area contributed by atoms with Crippen molar-refractivity contribution < 1.29 is 14.7 Å². The van der Waals surface area contributed by atoms with Crippen molar-refractivity contribution in [1.82, 2.24) is 15.2 Å². The third kappa shape index (κ3) is 2.73. The lowest BCUT2D eigenvalue weighted by Gasteiger charge is -2.05. The third-order valence-electron chi connectivity index (χ3n) is 2.50. The Kier molecular flexibility index (Phi) is 3.91. The van der Waals surface area contributed by atoms with Gasteiger partial charge in [0.1, 0.15) is 5.56 Å². The van der Waals surface area contributed by atoms with Crippen LogP contribution in [0.25, 0.3) is 0 Å². The standard InChI is InChI=1S/C11H8Cl2N4O3/c1-4-8(11(19)20)6(3-14-4)15-10(18)5-2-7(12)16-17-9(5)13/h2-3,14H,1H3,(H,15,18)(H,19,20). The van der Waals surface area contributed by atoms with Crippen LogP contribution in [-0.2, 0) is 0 Å². The molecule has 1 amide bonds. The molecule has 0 aliphatic heterocycles. The normalized spacial score (nSPS) is 10.3. The first kappa shape index (κ1) is 14.3. The molecular weight excluding hydrogens is 307 g/mol. The lowest BCUT2D eigenvalue weighted by atomic mass is 10.2. The SMILES string of the molecule is Cc1[nH]cc(NC(=O)c2cc(Cl)nnc2Cl)c1C(=O)O. The molecule has 9 heteroatoms. The number of carboxylic acids is 1. The molecule has 0 atom stereocenters. The quantitative estimate of drug-likeness (QED) is 0.806. The smallest absolute Gasteiger partial charge is 0.339 e. The van der Waals surface area contributed by atoms with E-state index in [2.05, 4.69) is 20.5 Å². The first-order valence-electron chi connectivity index (χ1n) is 5.31. The highest BCUT2D eigenvalue weighted by Gasteiger charge is 2.19. The van der Waals surface area contributed by atoms with Gasteiger partial charge in [-0.3, -0.25) is 4.79 Å². The summed E-state index contributed by atoms with van der Waals surface area (Å²) in [6.45, 7) is 1.58. The van der Waals surface area contributed by atoms with Gasteiger partial charge in [-0.25, -0.2) is 4.79 Å². The second-order valence-electron chi connectivity index (χ2n) is 3.83. The monoisotopic (exact) mass is 314 g/mol. The van der Waals surface area contributed by atoms with Crippen LogP contribution in [0.15, 0.2) is 12.3 Å². The van der Waals surface area contributed by atoms with Crippen LogP contribution in [0.4, 0.5) is 5.69 Å². The molecule has 2 aromatic heterocycles. The third-order valence-corrected chi connectivity index (χ3v) is 2.97. The molecule has 20 heavy (non-hydrogen) atoms. The number of aromatic nitrogens is 3. The van der Waals surface area contributed by atoms with Crippen LogP contribution in [0.1, 0.15) is 26.4 Å². The minimum absolute atomic E-state index is 0.00172. The van der Waals surface area contributed by atoms with E-state index in [0.717, 1.165) is 0 Å². The topological polar surface area (TPSA) is 108 Å². The van der Waals surface area contributed by atoms with Crippen LogP contribution in [0.5, 0.6) is 0 Å². The lowest BCUT2D eigenvalue weighted by Crippen LogP contribution is -2.15.